The number of anilines is 1. The molecule has 1 aliphatic rings. The topological polar surface area (TPSA) is 133 Å². The Kier molecular flexibility index (Phi) is 7.21. The second-order valence-electron chi connectivity index (χ2n) is 7.71. The van der Waals surface area contributed by atoms with Gasteiger partial charge in [-0.1, -0.05) is 0 Å². The van der Waals surface area contributed by atoms with Crippen LogP contribution in [0.25, 0.3) is 10.9 Å². The van der Waals surface area contributed by atoms with Gasteiger partial charge in [-0.2, -0.15) is 0 Å². The molecule has 0 saturated carbocycles. The van der Waals surface area contributed by atoms with E-state index in [2.05, 4.69) is 19.9 Å². The monoisotopic (exact) mass is 473 g/mol. The molecule has 1 fully saturated rings. The Hall–Kier alpha value is -3.02. The number of thiazole rings is 1. The Morgan fingerprint density at radius 1 is 1.30 bits per heavy atom. The number of nitrogens with two attached hydrogens (primary N) is 1. The van der Waals surface area contributed by atoms with Gasteiger partial charge in [0.05, 0.1) is 43.8 Å². The molecule has 10 nitrogen and oxygen atoms in total. The summed E-state index contributed by atoms with van der Waals surface area (Å²) in [7, 11) is 1.55. The number of morpholine rings is 1. The van der Waals surface area contributed by atoms with E-state index in [9.17, 15) is 9.90 Å². The third-order valence-corrected chi connectivity index (χ3v) is 6.61. The second kappa shape index (κ2) is 10.3. The van der Waals surface area contributed by atoms with Gasteiger partial charge in [0.2, 0.25) is 0 Å². The first-order chi connectivity index (χ1) is 16.0. The number of carboxylic acids is 1. The highest BCUT2D eigenvalue weighted by molar-refractivity contribution is 7.15. The van der Waals surface area contributed by atoms with Gasteiger partial charge in [0.15, 0.2) is 16.6 Å². The smallest absolute Gasteiger partial charge is 0.318 e. The highest BCUT2D eigenvalue weighted by Crippen LogP contribution is 2.38. The number of ether oxygens (including phenoxy) is 3. The maximum Gasteiger partial charge on any atom is 0.318 e. The quantitative estimate of drug-likeness (QED) is 0.446. The standard InChI is InChI=1S/C22H27N5O5S/c1-13-20(33-22(23)26-13)18(21(28)29)19-14-10-16(30-2)17(11-15(14)24-12-25-19)32-7-3-4-27-5-8-31-9-6-27/h10-12,18H,3-9H2,1-2H3,(H2,23,26)(H,28,29). The summed E-state index contributed by atoms with van der Waals surface area (Å²) in [6.07, 6.45) is 2.23. The highest BCUT2D eigenvalue weighted by Gasteiger charge is 2.30. The SMILES string of the molecule is COc1cc2c(C(C(=O)O)c3sc(N)nc3C)ncnc2cc1OCCCN1CCOCC1. The molecule has 0 spiro atoms. The number of hydrogen-bond acceptors (Lipinski definition) is 10. The van der Waals surface area contributed by atoms with Crippen molar-refractivity contribution in [2.45, 2.75) is 19.3 Å². The van der Waals surface area contributed by atoms with E-state index in [1.807, 2.05) is 0 Å². The maximum atomic E-state index is 12.2. The van der Waals surface area contributed by atoms with Crippen LogP contribution in [-0.2, 0) is 9.53 Å². The van der Waals surface area contributed by atoms with Gasteiger partial charge in [0.25, 0.3) is 0 Å². The molecule has 2 aromatic heterocycles. The van der Waals surface area contributed by atoms with Gasteiger partial charge >= 0.3 is 5.97 Å². The van der Waals surface area contributed by atoms with Crippen LogP contribution in [0.5, 0.6) is 11.5 Å². The molecule has 4 rings (SSSR count). The van der Waals surface area contributed by atoms with Crippen LogP contribution in [0.2, 0.25) is 0 Å². The number of nitrogens with zero attached hydrogens (tertiary/aromatic N) is 4. The van der Waals surface area contributed by atoms with E-state index in [4.69, 9.17) is 19.9 Å². The van der Waals surface area contributed by atoms with Crippen molar-refractivity contribution in [2.24, 2.45) is 0 Å². The van der Waals surface area contributed by atoms with Gasteiger partial charge in [-0.15, -0.1) is 11.3 Å². The number of fused-ring (bicyclic) bond motifs is 1. The molecule has 0 radical (unpaired) electrons. The number of nitrogen functional groups attached to an aromatic ring is 1. The number of rotatable bonds is 9. The fourth-order valence-electron chi connectivity index (χ4n) is 3.93. The number of carboxylic acid groups (broad SMARTS) is 1. The molecule has 11 heteroatoms. The lowest BCUT2D eigenvalue weighted by molar-refractivity contribution is -0.137. The van der Waals surface area contributed by atoms with Crippen LogP contribution in [0.15, 0.2) is 18.5 Å². The van der Waals surface area contributed by atoms with Crippen molar-refractivity contribution in [2.75, 3.05) is 52.3 Å². The number of hydrogen-bond donors (Lipinski definition) is 2. The van der Waals surface area contributed by atoms with Crippen molar-refractivity contribution in [3.05, 3.63) is 34.7 Å². The first-order valence-corrected chi connectivity index (χ1v) is 11.5. The largest absolute Gasteiger partial charge is 0.493 e. The molecule has 3 aromatic rings. The predicted octanol–water partition coefficient (Wildman–Crippen LogP) is 2.30. The Morgan fingerprint density at radius 3 is 2.76 bits per heavy atom. The van der Waals surface area contributed by atoms with Crippen LogP contribution in [0.4, 0.5) is 5.13 Å². The van der Waals surface area contributed by atoms with Crippen LogP contribution < -0.4 is 15.2 Å². The van der Waals surface area contributed by atoms with E-state index in [0.717, 1.165) is 50.6 Å². The van der Waals surface area contributed by atoms with Gasteiger partial charge in [-0.05, 0) is 19.4 Å². The molecular formula is C22H27N5O5S. The van der Waals surface area contributed by atoms with Gasteiger partial charge in [0.1, 0.15) is 12.2 Å². The number of aromatic nitrogens is 3. The van der Waals surface area contributed by atoms with E-state index in [1.165, 1.54) is 6.33 Å². The summed E-state index contributed by atoms with van der Waals surface area (Å²) in [6, 6.07) is 3.50. The number of aryl methyl sites for hydroxylation is 1. The molecule has 1 atom stereocenters. The molecule has 1 unspecified atom stereocenters. The molecule has 0 amide bonds. The van der Waals surface area contributed by atoms with Gasteiger partial charge < -0.3 is 25.1 Å². The molecule has 33 heavy (non-hydrogen) atoms. The molecule has 176 valence electrons. The molecule has 1 saturated heterocycles. The number of aliphatic carboxylic acids is 1. The average Bonchev–Trinajstić information content (AvgIpc) is 3.14. The first-order valence-electron chi connectivity index (χ1n) is 10.7. The third kappa shape index (κ3) is 5.15. The zero-order chi connectivity index (χ0) is 23.4. The molecule has 0 bridgehead atoms. The van der Waals surface area contributed by atoms with Gasteiger partial charge in [-0.3, -0.25) is 9.69 Å². The summed E-state index contributed by atoms with van der Waals surface area (Å²) in [5, 5.41) is 10.9. The minimum absolute atomic E-state index is 0.317. The van der Waals surface area contributed by atoms with E-state index >= 15 is 0 Å². The van der Waals surface area contributed by atoms with E-state index in [-0.39, 0.29) is 0 Å². The van der Waals surface area contributed by atoms with E-state index in [1.54, 1.807) is 26.2 Å². The van der Waals surface area contributed by atoms with Crippen molar-refractivity contribution in [3.8, 4) is 11.5 Å². The van der Waals surface area contributed by atoms with E-state index < -0.39 is 11.9 Å². The molecule has 1 aliphatic heterocycles. The van der Waals surface area contributed by atoms with Crippen molar-refractivity contribution >= 4 is 33.3 Å². The predicted molar refractivity (Wildman–Crippen MR) is 124 cm³/mol. The average molecular weight is 474 g/mol. The van der Waals surface area contributed by atoms with Crippen molar-refractivity contribution in [1.82, 2.24) is 19.9 Å². The lowest BCUT2D eigenvalue weighted by atomic mass is 9.98. The highest BCUT2D eigenvalue weighted by atomic mass is 32.1. The Balaban J connectivity index is 1.59. The van der Waals surface area contributed by atoms with E-state index in [0.29, 0.717) is 50.4 Å². The zero-order valence-corrected chi connectivity index (χ0v) is 19.4. The molecule has 1 aromatic carbocycles. The first kappa shape index (κ1) is 23.1. The normalized spacial score (nSPS) is 15.5. The summed E-state index contributed by atoms with van der Waals surface area (Å²) < 4.78 is 16.9. The Bertz CT molecular complexity index is 1130. The Labute approximate surface area is 195 Å². The molecular weight excluding hydrogens is 446 g/mol. The lowest BCUT2D eigenvalue weighted by Crippen LogP contribution is -2.37. The minimum Gasteiger partial charge on any atom is -0.493 e. The zero-order valence-electron chi connectivity index (χ0n) is 18.6. The Morgan fingerprint density at radius 2 is 2.09 bits per heavy atom. The van der Waals surface area contributed by atoms with Crippen molar-refractivity contribution in [3.63, 3.8) is 0 Å². The van der Waals surface area contributed by atoms with Crippen LogP contribution >= 0.6 is 11.3 Å². The van der Waals surface area contributed by atoms with Crippen LogP contribution in [0, 0.1) is 6.92 Å². The van der Waals surface area contributed by atoms with Gasteiger partial charge in [-0.25, -0.2) is 15.0 Å². The maximum absolute atomic E-state index is 12.2. The minimum atomic E-state index is -1.04. The van der Waals surface area contributed by atoms with Crippen LogP contribution in [-0.4, -0.2) is 77.5 Å². The number of carbonyl (C=O) groups is 1. The fraction of sp³-hybridized carbons (Fsp3) is 0.455. The molecule has 3 N–H and O–H groups in total. The van der Waals surface area contributed by atoms with Crippen molar-refractivity contribution < 1.29 is 24.1 Å². The summed E-state index contributed by atoms with van der Waals surface area (Å²) in [6.45, 7) is 6.62. The van der Waals surface area contributed by atoms with Crippen LogP contribution in [0.1, 0.15) is 28.6 Å². The molecule has 0 aliphatic carbocycles. The summed E-state index contributed by atoms with van der Waals surface area (Å²) in [5.74, 6) is -1.00. The fourth-order valence-corrected chi connectivity index (χ4v) is 4.86. The number of methoxy groups -OCH3 is 1. The van der Waals surface area contributed by atoms with Crippen molar-refractivity contribution in [1.29, 1.82) is 0 Å². The van der Waals surface area contributed by atoms with Crippen LogP contribution in [0.3, 0.4) is 0 Å². The summed E-state index contributed by atoms with van der Waals surface area (Å²) >= 11 is 1.15. The summed E-state index contributed by atoms with van der Waals surface area (Å²) in [5.41, 5.74) is 7.32. The molecule has 3 heterocycles. The second-order valence-corrected chi connectivity index (χ2v) is 8.77. The van der Waals surface area contributed by atoms with Gasteiger partial charge in [0, 0.05) is 36.0 Å². The number of benzene rings is 1. The summed E-state index contributed by atoms with van der Waals surface area (Å²) in [4.78, 5) is 28.0. The lowest BCUT2D eigenvalue weighted by Gasteiger charge is -2.26. The third-order valence-electron chi connectivity index (χ3n) is 5.56.